The van der Waals surface area contributed by atoms with Crippen LogP contribution in [0.3, 0.4) is 0 Å². The van der Waals surface area contributed by atoms with Crippen LogP contribution in [0, 0.1) is 5.92 Å². The number of nitrogens with zero attached hydrogens (tertiary/aromatic N) is 1. The lowest BCUT2D eigenvalue weighted by atomic mass is 9.89. The molecule has 1 saturated carbocycles. The second-order valence-electron chi connectivity index (χ2n) is 5.82. The lowest BCUT2D eigenvalue weighted by Crippen LogP contribution is -2.17. The zero-order valence-electron chi connectivity index (χ0n) is 11.8. The van der Waals surface area contributed by atoms with Crippen LogP contribution in [0.1, 0.15) is 37.7 Å². The van der Waals surface area contributed by atoms with Crippen molar-refractivity contribution in [2.24, 2.45) is 5.92 Å². The maximum Gasteiger partial charge on any atom is 0.0340 e. The molecular weight excluding hydrogens is 220 g/mol. The first-order valence-electron chi connectivity index (χ1n) is 7.21. The summed E-state index contributed by atoms with van der Waals surface area (Å²) in [6, 6.07) is 8.87. The first-order chi connectivity index (χ1) is 8.74. The molecule has 0 heterocycles. The highest BCUT2D eigenvalue weighted by molar-refractivity contribution is 5.44. The van der Waals surface area contributed by atoms with E-state index < -0.39 is 0 Å². The summed E-state index contributed by atoms with van der Waals surface area (Å²) < 4.78 is 0. The molecule has 0 radical (unpaired) electrons. The summed E-state index contributed by atoms with van der Waals surface area (Å²) in [4.78, 5) is 2.20. The van der Waals surface area contributed by atoms with Crippen LogP contribution >= 0.6 is 0 Å². The van der Waals surface area contributed by atoms with Crippen LogP contribution in [0.4, 0.5) is 5.69 Å². The van der Waals surface area contributed by atoms with Crippen molar-refractivity contribution in [2.75, 3.05) is 26.0 Å². The minimum Gasteiger partial charge on any atom is -0.385 e. The van der Waals surface area contributed by atoms with E-state index in [4.69, 9.17) is 0 Å². The number of hydrogen-bond acceptors (Lipinski definition) is 2. The molecule has 2 nitrogen and oxygen atoms in total. The highest BCUT2D eigenvalue weighted by atomic mass is 15.0. The van der Waals surface area contributed by atoms with E-state index in [9.17, 15) is 0 Å². The fraction of sp³-hybridized carbons (Fsp3) is 0.625. The van der Waals surface area contributed by atoms with Crippen molar-refractivity contribution in [1.29, 1.82) is 0 Å². The predicted molar refractivity (Wildman–Crippen MR) is 78.9 cm³/mol. The van der Waals surface area contributed by atoms with Crippen molar-refractivity contribution in [2.45, 2.75) is 38.6 Å². The topological polar surface area (TPSA) is 15.3 Å². The molecule has 1 N–H and O–H groups in total. The summed E-state index contributed by atoms with van der Waals surface area (Å²) in [5, 5.41) is 3.58. The molecule has 0 atom stereocenters. The monoisotopic (exact) mass is 246 g/mol. The van der Waals surface area contributed by atoms with Gasteiger partial charge >= 0.3 is 0 Å². The van der Waals surface area contributed by atoms with Crippen LogP contribution in [0.2, 0.25) is 0 Å². The van der Waals surface area contributed by atoms with E-state index in [1.807, 2.05) is 0 Å². The van der Waals surface area contributed by atoms with Crippen LogP contribution in [-0.4, -0.2) is 25.5 Å². The molecule has 100 valence electrons. The predicted octanol–water partition coefficient (Wildman–Crippen LogP) is 3.74. The van der Waals surface area contributed by atoms with E-state index in [2.05, 4.69) is 48.6 Å². The van der Waals surface area contributed by atoms with Gasteiger partial charge in [0, 0.05) is 18.8 Å². The zero-order chi connectivity index (χ0) is 12.8. The van der Waals surface area contributed by atoms with Gasteiger partial charge in [0.2, 0.25) is 0 Å². The van der Waals surface area contributed by atoms with Gasteiger partial charge in [-0.15, -0.1) is 0 Å². The molecule has 1 aliphatic rings. The van der Waals surface area contributed by atoms with Crippen LogP contribution in [0.15, 0.2) is 24.3 Å². The second kappa shape index (κ2) is 6.79. The summed E-state index contributed by atoms with van der Waals surface area (Å²) in [6.45, 7) is 2.16. The number of anilines is 1. The molecule has 0 aromatic heterocycles. The third kappa shape index (κ3) is 4.34. The lowest BCUT2D eigenvalue weighted by Gasteiger charge is -2.22. The van der Waals surface area contributed by atoms with Gasteiger partial charge < -0.3 is 10.2 Å². The second-order valence-corrected chi connectivity index (χ2v) is 5.82. The molecule has 0 bridgehead atoms. The quantitative estimate of drug-likeness (QED) is 0.851. The van der Waals surface area contributed by atoms with E-state index in [0.29, 0.717) is 0 Å². The highest BCUT2D eigenvalue weighted by Crippen LogP contribution is 2.24. The molecule has 0 unspecified atom stereocenters. The SMILES string of the molecule is CN(C)Cc1ccc(NCC2CCCCC2)cc1. The molecule has 18 heavy (non-hydrogen) atoms. The molecular formula is C16H26N2. The van der Waals surface area contributed by atoms with E-state index in [1.54, 1.807) is 0 Å². The third-order valence-electron chi connectivity index (χ3n) is 3.77. The third-order valence-corrected chi connectivity index (χ3v) is 3.77. The Labute approximate surface area is 111 Å². The van der Waals surface area contributed by atoms with Crippen LogP contribution < -0.4 is 5.32 Å². The van der Waals surface area contributed by atoms with Crippen LogP contribution in [0.5, 0.6) is 0 Å². The molecule has 0 saturated heterocycles. The average molecular weight is 246 g/mol. The molecule has 1 aromatic carbocycles. The maximum absolute atomic E-state index is 3.58. The number of nitrogens with one attached hydrogen (secondary N) is 1. The zero-order valence-corrected chi connectivity index (χ0v) is 11.8. The Kier molecular flexibility index (Phi) is 5.06. The normalized spacial score (nSPS) is 17.1. The lowest BCUT2D eigenvalue weighted by molar-refractivity contribution is 0.373. The summed E-state index contributed by atoms with van der Waals surface area (Å²) in [5.41, 5.74) is 2.64. The van der Waals surface area contributed by atoms with Gasteiger partial charge in [-0.05, 0) is 50.6 Å². The summed E-state index contributed by atoms with van der Waals surface area (Å²) >= 11 is 0. The van der Waals surface area contributed by atoms with Gasteiger partial charge in [-0.25, -0.2) is 0 Å². The standard InChI is InChI=1S/C16H26N2/c1-18(2)13-15-8-10-16(11-9-15)17-12-14-6-4-3-5-7-14/h8-11,14,17H,3-7,12-13H2,1-2H3. The molecule has 1 aromatic rings. The Bertz CT molecular complexity index is 337. The maximum atomic E-state index is 3.58. The summed E-state index contributed by atoms with van der Waals surface area (Å²) in [6.07, 6.45) is 7.11. The first kappa shape index (κ1) is 13.4. The minimum atomic E-state index is 0.889. The van der Waals surface area contributed by atoms with Gasteiger partial charge in [0.25, 0.3) is 0 Å². The van der Waals surface area contributed by atoms with Crippen LogP contribution in [-0.2, 0) is 6.54 Å². The van der Waals surface area contributed by atoms with Gasteiger partial charge in [-0.1, -0.05) is 31.4 Å². The largest absolute Gasteiger partial charge is 0.385 e. The molecule has 2 heteroatoms. The Morgan fingerprint density at radius 1 is 1.06 bits per heavy atom. The van der Waals surface area contributed by atoms with E-state index in [-0.39, 0.29) is 0 Å². The summed E-state index contributed by atoms with van der Waals surface area (Å²) in [5.74, 6) is 0.889. The van der Waals surface area contributed by atoms with Crippen molar-refractivity contribution in [3.05, 3.63) is 29.8 Å². The van der Waals surface area contributed by atoms with Crippen molar-refractivity contribution in [1.82, 2.24) is 4.90 Å². The van der Waals surface area contributed by atoms with Crippen molar-refractivity contribution in [3.8, 4) is 0 Å². The van der Waals surface area contributed by atoms with E-state index in [0.717, 1.165) is 19.0 Å². The number of benzene rings is 1. The number of hydrogen-bond donors (Lipinski definition) is 1. The van der Waals surface area contributed by atoms with Crippen molar-refractivity contribution < 1.29 is 0 Å². The minimum absolute atomic E-state index is 0.889. The van der Waals surface area contributed by atoms with Gasteiger partial charge in [0.05, 0.1) is 0 Å². The molecule has 1 aliphatic carbocycles. The van der Waals surface area contributed by atoms with E-state index >= 15 is 0 Å². The van der Waals surface area contributed by atoms with Crippen LogP contribution in [0.25, 0.3) is 0 Å². The summed E-state index contributed by atoms with van der Waals surface area (Å²) in [7, 11) is 4.21. The first-order valence-corrected chi connectivity index (χ1v) is 7.21. The van der Waals surface area contributed by atoms with Crippen molar-refractivity contribution in [3.63, 3.8) is 0 Å². The Morgan fingerprint density at radius 2 is 1.72 bits per heavy atom. The Morgan fingerprint density at radius 3 is 2.33 bits per heavy atom. The number of rotatable bonds is 5. The smallest absolute Gasteiger partial charge is 0.0340 e. The fourth-order valence-electron chi connectivity index (χ4n) is 2.75. The Balaban J connectivity index is 1.78. The van der Waals surface area contributed by atoms with Gasteiger partial charge in [-0.3, -0.25) is 0 Å². The molecule has 0 amide bonds. The molecule has 2 rings (SSSR count). The molecule has 0 aliphatic heterocycles. The van der Waals surface area contributed by atoms with Crippen molar-refractivity contribution >= 4 is 5.69 Å². The molecule has 0 spiro atoms. The fourth-order valence-corrected chi connectivity index (χ4v) is 2.75. The van der Waals surface area contributed by atoms with E-state index in [1.165, 1.54) is 43.4 Å². The Hall–Kier alpha value is -1.02. The molecule has 1 fully saturated rings. The highest BCUT2D eigenvalue weighted by Gasteiger charge is 2.12. The average Bonchev–Trinajstić information content (AvgIpc) is 2.38. The van der Waals surface area contributed by atoms with Gasteiger partial charge in [-0.2, -0.15) is 0 Å². The van der Waals surface area contributed by atoms with Gasteiger partial charge in [0.1, 0.15) is 0 Å². The van der Waals surface area contributed by atoms with Gasteiger partial charge in [0.15, 0.2) is 0 Å².